The number of halogens is 1. The average Bonchev–Trinajstić information content (AvgIpc) is 3.43. The molecule has 34 heavy (non-hydrogen) atoms. The fourth-order valence-corrected chi connectivity index (χ4v) is 4.90. The SMILES string of the molecule is CN1CCNc2ccc(F)cc2[C@H]2CCCN2c2cc(cnc2N)-c2c(nn(C)c2C#N)C1=O. The molecule has 2 aliphatic rings. The van der Waals surface area contributed by atoms with Gasteiger partial charge in [-0.3, -0.25) is 9.48 Å². The Morgan fingerprint density at radius 2 is 2.09 bits per heavy atom. The molecule has 2 aliphatic heterocycles. The van der Waals surface area contributed by atoms with E-state index in [4.69, 9.17) is 5.73 Å². The van der Waals surface area contributed by atoms with Crippen LogP contribution in [0.1, 0.15) is 40.6 Å². The first-order valence-electron chi connectivity index (χ1n) is 11.2. The van der Waals surface area contributed by atoms with E-state index in [-0.39, 0.29) is 29.2 Å². The van der Waals surface area contributed by atoms with Crippen LogP contribution in [0.5, 0.6) is 0 Å². The Labute approximate surface area is 196 Å². The number of nitrogens with zero attached hydrogens (tertiary/aromatic N) is 6. The number of nitrogens with one attached hydrogen (secondary N) is 1. The second kappa shape index (κ2) is 8.33. The molecule has 5 rings (SSSR count). The molecule has 3 aromatic rings. The summed E-state index contributed by atoms with van der Waals surface area (Å²) in [5.41, 5.74) is 10.2. The molecule has 9 nitrogen and oxygen atoms in total. The van der Waals surface area contributed by atoms with Gasteiger partial charge in [0.1, 0.15) is 23.4 Å². The van der Waals surface area contributed by atoms with Gasteiger partial charge in [0.15, 0.2) is 5.69 Å². The number of carbonyl (C=O) groups excluding carboxylic acids is 1. The third-order valence-electron chi connectivity index (χ3n) is 6.59. The second-order valence-corrected chi connectivity index (χ2v) is 8.67. The van der Waals surface area contributed by atoms with Crippen LogP contribution >= 0.6 is 0 Å². The average molecular weight is 461 g/mol. The Balaban J connectivity index is 1.74. The normalized spacial score (nSPS) is 17.8. The maximum atomic E-state index is 14.3. The summed E-state index contributed by atoms with van der Waals surface area (Å²) in [5.74, 6) is -0.275. The first-order valence-corrected chi connectivity index (χ1v) is 11.2. The van der Waals surface area contributed by atoms with Gasteiger partial charge in [0.25, 0.3) is 5.91 Å². The van der Waals surface area contributed by atoms with Crippen LogP contribution < -0.4 is 16.0 Å². The van der Waals surface area contributed by atoms with Crippen molar-refractivity contribution >= 4 is 23.1 Å². The zero-order valence-electron chi connectivity index (χ0n) is 19.0. The number of aromatic nitrogens is 3. The summed E-state index contributed by atoms with van der Waals surface area (Å²) in [6.45, 7) is 1.59. The summed E-state index contributed by atoms with van der Waals surface area (Å²) < 4.78 is 15.7. The van der Waals surface area contributed by atoms with Gasteiger partial charge in [0.05, 0.1) is 17.3 Å². The zero-order valence-corrected chi connectivity index (χ0v) is 19.0. The minimum absolute atomic E-state index is 0.0938. The van der Waals surface area contributed by atoms with E-state index in [0.29, 0.717) is 35.7 Å². The van der Waals surface area contributed by atoms with Gasteiger partial charge < -0.3 is 20.9 Å². The number of carbonyl (C=O) groups is 1. The predicted molar refractivity (Wildman–Crippen MR) is 127 cm³/mol. The number of fused-ring (bicyclic) bond motifs is 8. The lowest BCUT2D eigenvalue weighted by Crippen LogP contribution is -2.32. The summed E-state index contributed by atoms with van der Waals surface area (Å²) in [6, 6.07) is 8.66. The fourth-order valence-electron chi connectivity index (χ4n) is 4.90. The number of benzene rings is 1. The Morgan fingerprint density at radius 1 is 1.26 bits per heavy atom. The predicted octanol–water partition coefficient (Wildman–Crippen LogP) is 2.91. The van der Waals surface area contributed by atoms with Gasteiger partial charge in [-0.2, -0.15) is 10.4 Å². The van der Waals surface area contributed by atoms with Gasteiger partial charge >= 0.3 is 0 Å². The Hall–Kier alpha value is -4.13. The zero-order chi connectivity index (χ0) is 24.0. The maximum absolute atomic E-state index is 14.3. The summed E-state index contributed by atoms with van der Waals surface area (Å²) in [6.07, 6.45) is 3.31. The molecule has 0 aliphatic carbocycles. The van der Waals surface area contributed by atoms with E-state index in [2.05, 4.69) is 26.4 Å². The number of aryl methyl sites for hydroxylation is 1. The quantitative estimate of drug-likeness (QED) is 0.530. The third-order valence-corrected chi connectivity index (χ3v) is 6.59. The van der Waals surface area contributed by atoms with E-state index in [0.717, 1.165) is 30.6 Å². The molecule has 2 aromatic heterocycles. The fraction of sp³-hybridized carbons (Fsp3) is 0.333. The van der Waals surface area contributed by atoms with Gasteiger partial charge in [0, 0.05) is 56.7 Å². The number of rotatable bonds is 0. The smallest absolute Gasteiger partial charge is 0.274 e. The molecule has 0 radical (unpaired) electrons. The molecule has 0 spiro atoms. The van der Waals surface area contributed by atoms with Crippen LogP contribution in [0, 0.1) is 17.1 Å². The molecule has 174 valence electrons. The number of likely N-dealkylation sites (N-methyl/N-ethyl adjacent to an activating group) is 1. The summed E-state index contributed by atoms with van der Waals surface area (Å²) in [7, 11) is 3.33. The number of nitrogens with two attached hydrogens (primary N) is 1. The monoisotopic (exact) mass is 460 g/mol. The molecule has 0 saturated carbocycles. The van der Waals surface area contributed by atoms with Crippen LogP contribution in [0.15, 0.2) is 30.5 Å². The lowest BCUT2D eigenvalue weighted by Gasteiger charge is -2.30. The molecule has 1 atom stereocenters. The molecule has 0 unspecified atom stereocenters. The van der Waals surface area contributed by atoms with E-state index >= 15 is 0 Å². The lowest BCUT2D eigenvalue weighted by atomic mass is 10.00. The van der Waals surface area contributed by atoms with Gasteiger partial charge in [-0.15, -0.1) is 0 Å². The number of pyridine rings is 1. The number of anilines is 3. The Morgan fingerprint density at radius 3 is 2.88 bits per heavy atom. The molecule has 4 heterocycles. The topological polar surface area (TPSA) is 116 Å². The first-order chi connectivity index (χ1) is 16.4. The van der Waals surface area contributed by atoms with Crippen LogP contribution in [0.3, 0.4) is 0 Å². The molecule has 1 aromatic carbocycles. The van der Waals surface area contributed by atoms with E-state index in [1.807, 2.05) is 6.07 Å². The largest absolute Gasteiger partial charge is 0.383 e. The minimum Gasteiger partial charge on any atom is -0.383 e. The van der Waals surface area contributed by atoms with Gasteiger partial charge in [0.2, 0.25) is 0 Å². The molecule has 3 N–H and O–H groups in total. The van der Waals surface area contributed by atoms with Crippen LogP contribution in [0.4, 0.5) is 21.6 Å². The Kier molecular flexibility index (Phi) is 5.32. The molecule has 1 fully saturated rings. The summed E-state index contributed by atoms with van der Waals surface area (Å²) >= 11 is 0. The highest BCUT2D eigenvalue weighted by atomic mass is 19.1. The molecule has 2 bridgehead atoms. The van der Waals surface area contributed by atoms with Crippen molar-refractivity contribution < 1.29 is 9.18 Å². The van der Waals surface area contributed by atoms with Crippen molar-refractivity contribution in [2.45, 2.75) is 18.9 Å². The molecular formula is C24H25FN8O. The lowest BCUT2D eigenvalue weighted by molar-refractivity contribution is 0.0794. The summed E-state index contributed by atoms with van der Waals surface area (Å²) in [4.78, 5) is 21.4. The van der Waals surface area contributed by atoms with Crippen LogP contribution in [-0.4, -0.2) is 52.3 Å². The van der Waals surface area contributed by atoms with Gasteiger partial charge in [-0.25, -0.2) is 9.37 Å². The van der Waals surface area contributed by atoms with Crippen molar-refractivity contribution in [3.8, 4) is 17.2 Å². The highest BCUT2D eigenvalue weighted by Gasteiger charge is 2.32. The Bertz CT molecular complexity index is 1330. The van der Waals surface area contributed by atoms with Crippen molar-refractivity contribution in [2.24, 2.45) is 7.05 Å². The van der Waals surface area contributed by atoms with Crippen molar-refractivity contribution in [3.05, 3.63) is 53.2 Å². The minimum atomic E-state index is -0.306. The van der Waals surface area contributed by atoms with Crippen LogP contribution in [0.25, 0.3) is 11.1 Å². The van der Waals surface area contributed by atoms with Gasteiger partial charge in [-0.05, 0) is 37.1 Å². The van der Waals surface area contributed by atoms with E-state index in [9.17, 15) is 14.4 Å². The van der Waals surface area contributed by atoms with Crippen molar-refractivity contribution in [3.63, 3.8) is 0 Å². The van der Waals surface area contributed by atoms with Crippen LogP contribution in [-0.2, 0) is 7.05 Å². The standard InChI is InChI=1S/C24H25FN8O/c1-31-9-7-28-17-6-5-15(25)11-16(17)18-4-3-8-33(18)19-10-14(13-29-23(19)27)21-20(12-26)32(2)30-22(21)24(31)34/h5-6,10-11,13,18,28H,3-4,7-9H2,1-2H3,(H2,27,29)/t18-/m1/s1. The second-order valence-electron chi connectivity index (χ2n) is 8.67. The highest BCUT2D eigenvalue weighted by molar-refractivity contribution is 6.00. The molecular weight excluding hydrogens is 435 g/mol. The number of amides is 1. The van der Waals surface area contributed by atoms with Crippen LogP contribution in [0.2, 0.25) is 0 Å². The number of nitrogen functional groups attached to an aromatic ring is 1. The molecule has 1 amide bonds. The maximum Gasteiger partial charge on any atom is 0.274 e. The number of hydrogen-bond acceptors (Lipinski definition) is 7. The number of hydrogen-bond donors (Lipinski definition) is 2. The van der Waals surface area contributed by atoms with Gasteiger partial charge in [-0.1, -0.05) is 0 Å². The number of nitriles is 1. The van der Waals surface area contributed by atoms with Crippen molar-refractivity contribution in [2.75, 3.05) is 42.6 Å². The third kappa shape index (κ3) is 3.50. The molecule has 10 heteroatoms. The van der Waals surface area contributed by atoms with E-state index < -0.39 is 0 Å². The summed E-state index contributed by atoms with van der Waals surface area (Å²) in [5, 5.41) is 17.6. The van der Waals surface area contributed by atoms with Crippen molar-refractivity contribution in [1.82, 2.24) is 19.7 Å². The van der Waals surface area contributed by atoms with E-state index in [1.54, 1.807) is 37.3 Å². The molecule has 1 saturated heterocycles. The van der Waals surface area contributed by atoms with E-state index in [1.165, 1.54) is 10.7 Å². The first kappa shape index (κ1) is 21.7. The highest BCUT2D eigenvalue weighted by Crippen LogP contribution is 2.42. The van der Waals surface area contributed by atoms with Crippen molar-refractivity contribution in [1.29, 1.82) is 5.26 Å².